The molecule has 1 amide bonds. The minimum Gasteiger partial charge on any atom is -0.322 e. The molecule has 1 rings (SSSR count). The molecule has 1 aromatic rings. The molecule has 82 valence electrons. The number of pyridine rings is 1. The number of halogens is 1. The van der Waals surface area contributed by atoms with Crippen LogP contribution in [-0.2, 0) is 4.79 Å². The first-order chi connectivity index (χ1) is 6.97. The number of nitrogens with zero attached hydrogens (tertiary/aromatic N) is 1. The molecule has 0 aliphatic heterocycles. The zero-order valence-corrected chi connectivity index (χ0v) is 9.72. The molecule has 0 saturated carbocycles. The zero-order chi connectivity index (χ0) is 11.5. The fraction of sp³-hybridized carbons (Fsp3) is 0.400. The summed E-state index contributed by atoms with van der Waals surface area (Å²) >= 11 is 5.82. The molecule has 4 nitrogen and oxygen atoms in total. The Kier molecular flexibility index (Phi) is 3.66. The van der Waals surface area contributed by atoms with Crippen molar-refractivity contribution in [2.45, 2.75) is 19.4 Å². The summed E-state index contributed by atoms with van der Waals surface area (Å²) in [6.45, 7) is 3.57. The fourth-order valence-electron chi connectivity index (χ4n) is 0.871. The average molecular weight is 228 g/mol. The van der Waals surface area contributed by atoms with Gasteiger partial charge in [0.1, 0.15) is 0 Å². The van der Waals surface area contributed by atoms with Gasteiger partial charge in [-0.15, -0.1) is 0 Å². The van der Waals surface area contributed by atoms with Gasteiger partial charge >= 0.3 is 0 Å². The highest BCUT2D eigenvalue weighted by Crippen LogP contribution is 2.18. The standard InChI is InChI=1S/C10H14ClN3O/c1-10(2,12-3)9(15)14-7-5-4-6-13-8(7)11/h4-6,12H,1-3H3,(H,14,15). The lowest BCUT2D eigenvalue weighted by Gasteiger charge is -2.22. The van der Waals surface area contributed by atoms with E-state index in [1.807, 2.05) is 0 Å². The molecule has 0 radical (unpaired) electrons. The van der Waals surface area contributed by atoms with Crippen molar-refractivity contribution in [2.75, 3.05) is 12.4 Å². The van der Waals surface area contributed by atoms with Crippen LogP contribution in [0.3, 0.4) is 0 Å². The molecule has 0 spiro atoms. The number of anilines is 1. The Morgan fingerprint density at radius 1 is 1.53 bits per heavy atom. The number of nitrogens with one attached hydrogen (secondary N) is 2. The van der Waals surface area contributed by atoms with Gasteiger partial charge in [0.2, 0.25) is 5.91 Å². The van der Waals surface area contributed by atoms with E-state index in [4.69, 9.17) is 11.6 Å². The lowest BCUT2D eigenvalue weighted by molar-refractivity contribution is -0.121. The van der Waals surface area contributed by atoms with Crippen LogP contribution in [0.15, 0.2) is 18.3 Å². The van der Waals surface area contributed by atoms with Gasteiger partial charge in [-0.25, -0.2) is 4.98 Å². The topological polar surface area (TPSA) is 54.0 Å². The smallest absolute Gasteiger partial charge is 0.244 e. The molecular formula is C10H14ClN3O. The van der Waals surface area contributed by atoms with Crippen LogP contribution < -0.4 is 10.6 Å². The van der Waals surface area contributed by atoms with Crippen molar-refractivity contribution in [2.24, 2.45) is 0 Å². The lowest BCUT2D eigenvalue weighted by Crippen LogP contribution is -2.47. The van der Waals surface area contributed by atoms with E-state index < -0.39 is 5.54 Å². The van der Waals surface area contributed by atoms with Crippen molar-refractivity contribution < 1.29 is 4.79 Å². The van der Waals surface area contributed by atoms with E-state index in [1.165, 1.54) is 0 Å². The van der Waals surface area contributed by atoms with Crippen LogP contribution in [0.2, 0.25) is 5.15 Å². The molecule has 15 heavy (non-hydrogen) atoms. The molecule has 0 fully saturated rings. The Balaban J connectivity index is 2.80. The number of amides is 1. The van der Waals surface area contributed by atoms with Gasteiger partial charge in [-0.05, 0) is 33.0 Å². The van der Waals surface area contributed by atoms with Gasteiger partial charge in [-0.1, -0.05) is 11.6 Å². The number of likely N-dealkylation sites (N-methyl/N-ethyl adjacent to an activating group) is 1. The Bertz CT molecular complexity index is 365. The Morgan fingerprint density at radius 3 is 2.73 bits per heavy atom. The highest BCUT2D eigenvalue weighted by Gasteiger charge is 2.25. The number of rotatable bonds is 3. The number of carbonyl (C=O) groups excluding carboxylic acids is 1. The molecular weight excluding hydrogens is 214 g/mol. The highest BCUT2D eigenvalue weighted by molar-refractivity contribution is 6.32. The Labute approximate surface area is 94.0 Å². The minimum absolute atomic E-state index is 0.153. The van der Waals surface area contributed by atoms with E-state index in [1.54, 1.807) is 39.2 Å². The molecule has 0 unspecified atom stereocenters. The summed E-state index contributed by atoms with van der Waals surface area (Å²) in [5, 5.41) is 5.90. The van der Waals surface area contributed by atoms with Crippen LogP contribution in [0.5, 0.6) is 0 Å². The summed E-state index contributed by atoms with van der Waals surface area (Å²) < 4.78 is 0. The van der Waals surface area contributed by atoms with Crippen molar-refractivity contribution in [3.8, 4) is 0 Å². The molecule has 5 heteroatoms. The van der Waals surface area contributed by atoms with Gasteiger partial charge in [0.05, 0.1) is 11.2 Å². The molecule has 2 N–H and O–H groups in total. The summed E-state index contributed by atoms with van der Waals surface area (Å²) in [5.74, 6) is -0.153. The summed E-state index contributed by atoms with van der Waals surface area (Å²) in [5.41, 5.74) is -0.119. The molecule has 0 atom stereocenters. The molecule has 0 aliphatic carbocycles. The quantitative estimate of drug-likeness (QED) is 0.773. The van der Waals surface area contributed by atoms with Crippen LogP contribution in [0.1, 0.15) is 13.8 Å². The maximum atomic E-state index is 11.8. The first kappa shape index (κ1) is 11.9. The van der Waals surface area contributed by atoms with Crippen LogP contribution in [0.4, 0.5) is 5.69 Å². The van der Waals surface area contributed by atoms with Crippen molar-refractivity contribution in [3.63, 3.8) is 0 Å². The first-order valence-corrected chi connectivity index (χ1v) is 4.96. The summed E-state index contributed by atoms with van der Waals surface area (Å²) in [6.07, 6.45) is 1.57. The fourth-order valence-corrected chi connectivity index (χ4v) is 1.04. The second-order valence-electron chi connectivity index (χ2n) is 3.67. The van der Waals surface area contributed by atoms with Crippen LogP contribution in [0, 0.1) is 0 Å². The van der Waals surface area contributed by atoms with E-state index in [0.717, 1.165) is 0 Å². The summed E-state index contributed by atoms with van der Waals surface area (Å²) in [7, 11) is 1.73. The number of hydrogen-bond acceptors (Lipinski definition) is 3. The highest BCUT2D eigenvalue weighted by atomic mass is 35.5. The molecule has 0 aliphatic rings. The van der Waals surface area contributed by atoms with Gasteiger partial charge in [0, 0.05) is 6.20 Å². The van der Waals surface area contributed by atoms with Crippen molar-refractivity contribution in [1.82, 2.24) is 10.3 Å². The average Bonchev–Trinajstić information content (AvgIpc) is 2.21. The van der Waals surface area contributed by atoms with E-state index in [0.29, 0.717) is 5.69 Å². The molecule has 0 saturated heterocycles. The maximum absolute atomic E-state index is 11.8. The zero-order valence-electron chi connectivity index (χ0n) is 8.97. The third-order valence-electron chi connectivity index (χ3n) is 2.20. The SMILES string of the molecule is CNC(C)(C)C(=O)Nc1cccnc1Cl. The van der Waals surface area contributed by atoms with Crippen LogP contribution in [-0.4, -0.2) is 23.5 Å². The second-order valence-corrected chi connectivity index (χ2v) is 4.03. The van der Waals surface area contributed by atoms with E-state index in [-0.39, 0.29) is 11.1 Å². The van der Waals surface area contributed by atoms with E-state index in [9.17, 15) is 4.79 Å². The second kappa shape index (κ2) is 4.59. The van der Waals surface area contributed by atoms with Crippen molar-refractivity contribution >= 4 is 23.2 Å². The third-order valence-corrected chi connectivity index (χ3v) is 2.50. The minimum atomic E-state index is -0.640. The number of hydrogen-bond donors (Lipinski definition) is 2. The normalized spacial score (nSPS) is 11.2. The molecule has 0 aromatic carbocycles. The first-order valence-electron chi connectivity index (χ1n) is 4.58. The Hall–Kier alpha value is -1.13. The summed E-state index contributed by atoms with van der Waals surface area (Å²) in [6, 6.07) is 3.42. The van der Waals surface area contributed by atoms with Crippen molar-refractivity contribution in [3.05, 3.63) is 23.5 Å². The maximum Gasteiger partial charge on any atom is 0.244 e. The van der Waals surface area contributed by atoms with Gasteiger partial charge < -0.3 is 10.6 Å². The molecule has 1 heterocycles. The van der Waals surface area contributed by atoms with Crippen molar-refractivity contribution in [1.29, 1.82) is 0 Å². The van der Waals surface area contributed by atoms with E-state index >= 15 is 0 Å². The van der Waals surface area contributed by atoms with Gasteiger partial charge in [-0.2, -0.15) is 0 Å². The monoisotopic (exact) mass is 227 g/mol. The lowest BCUT2D eigenvalue weighted by atomic mass is 10.1. The van der Waals surface area contributed by atoms with E-state index in [2.05, 4.69) is 15.6 Å². The Morgan fingerprint density at radius 2 is 2.20 bits per heavy atom. The van der Waals surface area contributed by atoms with Gasteiger partial charge in [0.25, 0.3) is 0 Å². The number of carbonyl (C=O) groups is 1. The van der Waals surface area contributed by atoms with Crippen LogP contribution >= 0.6 is 11.6 Å². The molecule has 1 aromatic heterocycles. The third kappa shape index (κ3) is 2.91. The van der Waals surface area contributed by atoms with Gasteiger partial charge in [0.15, 0.2) is 5.15 Å². The molecule has 0 bridgehead atoms. The predicted molar refractivity (Wildman–Crippen MR) is 61.0 cm³/mol. The van der Waals surface area contributed by atoms with Crippen LogP contribution in [0.25, 0.3) is 0 Å². The predicted octanol–water partition coefficient (Wildman–Crippen LogP) is 1.67. The summed E-state index contributed by atoms with van der Waals surface area (Å²) in [4.78, 5) is 15.6. The number of aromatic nitrogens is 1. The van der Waals surface area contributed by atoms with Gasteiger partial charge in [-0.3, -0.25) is 4.79 Å². The largest absolute Gasteiger partial charge is 0.322 e.